The number of hydrogen-bond acceptors (Lipinski definition) is 3. The highest BCUT2D eigenvalue weighted by molar-refractivity contribution is 6.42. The van der Waals surface area contributed by atoms with Gasteiger partial charge in [0.25, 0.3) is 11.7 Å². The first-order chi connectivity index (χ1) is 12.0. The van der Waals surface area contributed by atoms with E-state index < -0.39 is 11.7 Å². The molecule has 1 N–H and O–H groups in total. The number of piperidine rings is 1. The molecule has 0 saturated carbocycles. The first-order valence-corrected chi connectivity index (χ1v) is 8.47. The Balaban J connectivity index is 1.58. The minimum absolute atomic E-state index is 0.0998. The minimum atomic E-state index is -0.584. The number of ketones is 1. The Hall–Kier alpha value is -2.47. The molecule has 1 unspecified atom stereocenters. The smallest absolute Gasteiger partial charge is 0.294 e. The summed E-state index contributed by atoms with van der Waals surface area (Å²) >= 11 is 0. The van der Waals surface area contributed by atoms with Crippen LogP contribution in [0.1, 0.15) is 28.9 Å². The SMILES string of the molecule is Cn1cccc1C(=O)C(=O)NC1CCCN(Cc2ccccc2F)C1. The molecule has 6 heteroatoms. The number of likely N-dealkylation sites (tertiary alicyclic amines) is 1. The number of aryl methyl sites for hydroxylation is 1. The van der Waals surface area contributed by atoms with E-state index in [2.05, 4.69) is 10.2 Å². The average Bonchev–Trinajstić information content (AvgIpc) is 3.02. The van der Waals surface area contributed by atoms with Crippen LogP contribution in [-0.4, -0.2) is 40.3 Å². The van der Waals surface area contributed by atoms with Gasteiger partial charge in [-0.05, 0) is 37.6 Å². The molecule has 1 aliphatic heterocycles. The normalized spacial score (nSPS) is 18.1. The fraction of sp³-hybridized carbons (Fsp3) is 0.368. The van der Waals surface area contributed by atoms with Crippen LogP contribution in [0.15, 0.2) is 42.6 Å². The van der Waals surface area contributed by atoms with Crippen LogP contribution in [-0.2, 0) is 18.4 Å². The maximum absolute atomic E-state index is 13.8. The summed E-state index contributed by atoms with van der Waals surface area (Å²) in [5.74, 6) is -1.33. The number of carbonyl (C=O) groups excluding carboxylic acids is 2. The summed E-state index contributed by atoms with van der Waals surface area (Å²) in [4.78, 5) is 26.6. The number of Topliss-reactive ketones (excluding diaryl/α,β-unsaturated/α-hetero) is 1. The largest absolute Gasteiger partial charge is 0.348 e. The molecule has 1 amide bonds. The second-order valence-electron chi connectivity index (χ2n) is 6.47. The number of halogens is 1. The van der Waals surface area contributed by atoms with Crippen LogP contribution in [0.3, 0.4) is 0 Å². The molecule has 0 radical (unpaired) electrons. The van der Waals surface area contributed by atoms with Crippen molar-refractivity contribution in [2.75, 3.05) is 13.1 Å². The van der Waals surface area contributed by atoms with E-state index in [0.717, 1.165) is 19.4 Å². The van der Waals surface area contributed by atoms with Crippen molar-refractivity contribution in [2.24, 2.45) is 7.05 Å². The average molecular weight is 343 g/mol. The third-order valence-corrected chi connectivity index (χ3v) is 4.58. The van der Waals surface area contributed by atoms with Crippen LogP contribution in [0.2, 0.25) is 0 Å². The van der Waals surface area contributed by atoms with E-state index >= 15 is 0 Å². The summed E-state index contributed by atoms with van der Waals surface area (Å²) in [6.07, 6.45) is 3.45. The summed E-state index contributed by atoms with van der Waals surface area (Å²) in [5.41, 5.74) is 1.02. The van der Waals surface area contributed by atoms with Gasteiger partial charge in [0.2, 0.25) is 0 Å². The lowest BCUT2D eigenvalue weighted by atomic mass is 10.0. The highest BCUT2D eigenvalue weighted by Gasteiger charge is 2.26. The number of carbonyl (C=O) groups is 2. The quantitative estimate of drug-likeness (QED) is 0.668. The van der Waals surface area contributed by atoms with E-state index in [1.807, 2.05) is 6.07 Å². The number of hydrogen-bond donors (Lipinski definition) is 1. The molecule has 1 saturated heterocycles. The molecule has 0 spiro atoms. The number of nitrogens with zero attached hydrogens (tertiary/aromatic N) is 2. The Morgan fingerprint density at radius 2 is 2.04 bits per heavy atom. The number of nitrogens with one attached hydrogen (secondary N) is 1. The van der Waals surface area contributed by atoms with Gasteiger partial charge in [-0.1, -0.05) is 18.2 Å². The van der Waals surface area contributed by atoms with Crippen LogP contribution in [0.4, 0.5) is 4.39 Å². The number of amides is 1. The van der Waals surface area contributed by atoms with E-state index in [9.17, 15) is 14.0 Å². The zero-order valence-corrected chi connectivity index (χ0v) is 14.2. The molecule has 2 aromatic rings. The van der Waals surface area contributed by atoms with Crippen molar-refractivity contribution >= 4 is 11.7 Å². The summed E-state index contributed by atoms with van der Waals surface area (Å²) in [7, 11) is 1.73. The van der Waals surface area contributed by atoms with Gasteiger partial charge in [-0.3, -0.25) is 14.5 Å². The maximum Gasteiger partial charge on any atom is 0.294 e. The molecule has 132 valence electrons. The lowest BCUT2D eigenvalue weighted by molar-refractivity contribution is -0.118. The molecule has 25 heavy (non-hydrogen) atoms. The summed E-state index contributed by atoms with van der Waals surface area (Å²) in [6, 6.07) is 9.99. The third-order valence-electron chi connectivity index (χ3n) is 4.58. The molecule has 0 aliphatic carbocycles. The molecule has 0 bridgehead atoms. The molecule has 1 aliphatic rings. The predicted octanol–water partition coefficient (Wildman–Crippen LogP) is 2.13. The Bertz CT molecular complexity index is 772. The molecule has 1 aromatic carbocycles. The first kappa shape index (κ1) is 17.4. The Kier molecular flexibility index (Phi) is 5.28. The predicted molar refractivity (Wildman–Crippen MR) is 92.6 cm³/mol. The fourth-order valence-corrected chi connectivity index (χ4v) is 3.25. The second kappa shape index (κ2) is 7.61. The molecular weight excluding hydrogens is 321 g/mol. The molecule has 3 rings (SSSR count). The molecule has 1 fully saturated rings. The summed E-state index contributed by atoms with van der Waals surface area (Å²) in [5, 5.41) is 2.83. The maximum atomic E-state index is 13.8. The molecule has 5 nitrogen and oxygen atoms in total. The fourth-order valence-electron chi connectivity index (χ4n) is 3.25. The second-order valence-corrected chi connectivity index (χ2v) is 6.47. The van der Waals surface area contributed by atoms with E-state index in [1.165, 1.54) is 6.07 Å². The van der Waals surface area contributed by atoms with Crippen LogP contribution < -0.4 is 5.32 Å². The number of rotatable bonds is 5. The standard InChI is InChI=1S/C19H22FN3O2/c1-22-10-5-9-17(22)18(24)19(25)21-15-7-4-11-23(13-15)12-14-6-2-3-8-16(14)20/h2-3,5-6,8-10,15H,4,7,11-13H2,1H3,(H,21,25). The van der Waals surface area contributed by atoms with E-state index in [4.69, 9.17) is 0 Å². The van der Waals surface area contributed by atoms with Gasteiger partial charge < -0.3 is 9.88 Å². The van der Waals surface area contributed by atoms with Crippen molar-refractivity contribution < 1.29 is 14.0 Å². The molecular formula is C19H22FN3O2. The van der Waals surface area contributed by atoms with Gasteiger partial charge >= 0.3 is 0 Å². The van der Waals surface area contributed by atoms with Crippen LogP contribution in [0, 0.1) is 5.82 Å². The Morgan fingerprint density at radius 3 is 2.76 bits per heavy atom. The van der Waals surface area contributed by atoms with Gasteiger partial charge in [0.15, 0.2) is 0 Å². The van der Waals surface area contributed by atoms with E-state index in [-0.39, 0.29) is 11.9 Å². The first-order valence-electron chi connectivity index (χ1n) is 8.47. The number of aromatic nitrogens is 1. The van der Waals surface area contributed by atoms with Gasteiger partial charge in [0, 0.05) is 37.9 Å². The molecule has 1 aromatic heterocycles. The van der Waals surface area contributed by atoms with Gasteiger partial charge in [-0.15, -0.1) is 0 Å². The van der Waals surface area contributed by atoms with Gasteiger partial charge in [0.1, 0.15) is 5.82 Å². The van der Waals surface area contributed by atoms with Gasteiger partial charge in [-0.25, -0.2) is 4.39 Å². The van der Waals surface area contributed by atoms with Crippen molar-refractivity contribution in [1.29, 1.82) is 0 Å². The zero-order valence-electron chi connectivity index (χ0n) is 14.2. The van der Waals surface area contributed by atoms with Crippen molar-refractivity contribution in [3.63, 3.8) is 0 Å². The van der Waals surface area contributed by atoms with Crippen LogP contribution in [0.25, 0.3) is 0 Å². The lowest BCUT2D eigenvalue weighted by Gasteiger charge is -2.33. The minimum Gasteiger partial charge on any atom is -0.348 e. The lowest BCUT2D eigenvalue weighted by Crippen LogP contribution is -2.49. The Labute approximate surface area is 146 Å². The van der Waals surface area contributed by atoms with Gasteiger partial charge in [-0.2, -0.15) is 0 Å². The summed E-state index contributed by atoms with van der Waals surface area (Å²) in [6.45, 7) is 1.97. The monoisotopic (exact) mass is 343 g/mol. The van der Waals surface area contributed by atoms with Crippen molar-refractivity contribution in [2.45, 2.75) is 25.4 Å². The third kappa shape index (κ3) is 4.14. The van der Waals surface area contributed by atoms with Crippen molar-refractivity contribution in [3.8, 4) is 0 Å². The highest BCUT2D eigenvalue weighted by Crippen LogP contribution is 2.16. The van der Waals surface area contributed by atoms with Crippen LogP contribution >= 0.6 is 0 Å². The van der Waals surface area contributed by atoms with E-state index in [0.29, 0.717) is 24.3 Å². The Morgan fingerprint density at radius 1 is 1.24 bits per heavy atom. The van der Waals surface area contributed by atoms with E-state index in [1.54, 1.807) is 42.1 Å². The molecule has 2 heterocycles. The summed E-state index contributed by atoms with van der Waals surface area (Å²) < 4.78 is 15.4. The number of benzene rings is 1. The van der Waals surface area contributed by atoms with Crippen molar-refractivity contribution in [1.82, 2.24) is 14.8 Å². The van der Waals surface area contributed by atoms with Crippen LogP contribution in [0.5, 0.6) is 0 Å². The zero-order chi connectivity index (χ0) is 17.8. The topological polar surface area (TPSA) is 54.3 Å². The van der Waals surface area contributed by atoms with Crippen molar-refractivity contribution in [3.05, 3.63) is 59.7 Å². The highest BCUT2D eigenvalue weighted by atomic mass is 19.1. The van der Waals surface area contributed by atoms with Gasteiger partial charge in [0.05, 0.1) is 5.69 Å². The molecule has 1 atom stereocenters.